The molecule has 6 heteroatoms. The largest absolute Gasteiger partial charge is 0.375 e. The molecule has 4 rings (SSSR count). The minimum atomic E-state index is -0.263. The Morgan fingerprint density at radius 3 is 2.59 bits per heavy atom. The molecule has 0 unspecified atom stereocenters. The molecule has 154 valence electrons. The lowest BCUT2D eigenvalue weighted by Gasteiger charge is -2.39. The fraction of sp³-hybridized carbons (Fsp3) is 0.435. The molecule has 0 N–H and O–H groups in total. The molecule has 3 atom stereocenters. The number of nitrogens with zero attached hydrogens (tertiary/aromatic N) is 2. The fourth-order valence-electron chi connectivity index (χ4n) is 4.87. The lowest BCUT2D eigenvalue weighted by molar-refractivity contribution is -0.137. The summed E-state index contributed by atoms with van der Waals surface area (Å²) >= 11 is 0. The smallest absolute Gasteiger partial charge is 0.248 e. The highest BCUT2D eigenvalue weighted by Gasteiger charge is 2.46. The fourth-order valence-corrected chi connectivity index (χ4v) is 4.87. The number of benzene rings is 2. The molecule has 0 spiro atoms. The van der Waals surface area contributed by atoms with Gasteiger partial charge in [0, 0.05) is 56.7 Å². The summed E-state index contributed by atoms with van der Waals surface area (Å²) in [5.74, 6) is -0.102. The maximum atomic E-state index is 14.1. The Hall–Kier alpha value is -2.31. The number of carbonyl (C=O) groups is 1. The first-order valence-electron chi connectivity index (χ1n) is 10.1. The zero-order chi connectivity index (χ0) is 20.4. The zero-order valence-corrected chi connectivity index (χ0v) is 16.6. The van der Waals surface area contributed by atoms with Crippen LogP contribution in [0.4, 0.5) is 8.78 Å². The predicted molar refractivity (Wildman–Crippen MR) is 106 cm³/mol. The number of halogens is 2. The normalized spacial score (nSPS) is 24.5. The summed E-state index contributed by atoms with van der Waals surface area (Å²) in [5, 5.41) is 0. The maximum Gasteiger partial charge on any atom is 0.248 e. The van der Waals surface area contributed by atoms with Crippen LogP contribution in [-0.4, -0.2) is 55.1 Å². The van der Waals surface area contributed by atoms with Gasteiger partial charge in [-0.3, -0.25) is 9.69 Å². The van der Waals surface area contributed by atoms with E-state index in [1.807, 2.05) is 29.2 Å². The van der Waals surface area contributed by atoms with Crippen molar-refractivity contribution in [2.24, 2.45) is 5.92 Å². The summed E-state index contributed by atoms with van der Waals surface area (Å²) in [7, 11) is 1.53. The van der Waals surface area contributed by atoms with Crippen LogP contribution in [0.15, 0.2) is 48.5 Å². The third-order valence-corrected chi connectivity index (χ3v) is 6.25. The van der Waals surface area contributed by atoms with Crippen molar-refractivity contribution < 1.29 is 18.3 Å². The Morgan fingerprint density at radius 2 is 1.86 bits per heavy atom. The van der Waals surface area contributed by atoms with Crippen molar-refractivity contribution in [2.75, 3.05) is 33.4 Å². The molecule has 0 radical (unpaired) electrons. The van der Waals surface area contributed by atoms with Gasteiger partial charge in [0.25, 0.3) is 0 Å². The number of piperidine rings is 1. The van der Waals surface area contributed by atoms with Crippen LogP contribution in [0.25, 0.3) is 0 Å². The van der Waals surface area contributed by atoms with Gasteiger partial charge in [-0.2, -0.15) is 0 Å². The van der Waals surface area contributed by atoms with Crippen molar-refractivity contribution in [3.05, 3.63) is 71.3 Å². The number of hydrogen-bond donors (Lipinski definition) is 0. The molecule has 1 amide bonds. The van der Waals surface area contributed by atoms with Crippen LogP contribution < -0.4 is 0 Å². The van der Waals surface area contributed by atoms with Crippen molar-refractivity contribution in [1.29, 1.82) is 0 Å². The van der Waals surface area contributed by atoms with Crippen molar-refractivity contribution >= 4 is 5.91 Å². The van der Waals surface area contributed by atoms with Crippen LogP contribution in [0.2, 0.25) is 0 Å². The van der Waals surface area contributed by atoms with E-state index in [2.05, 4.69) is 4.90 Å². The molecule has 29 heavy (non-hydrogen) atoms. The van der Waals surface area contributed by atoms with E-state index >= 15 is 0 Å². The third kappa shape index (κ3) is 4.19. The van der Waals surface area contributed by atoms with E-state index in [0.29, 0.717) is 18.7 Å². The molecule has 2 aromatic rings. The topological polar surface area (TPSA) is 32.8 Å². The van der Waals surface area contributed by atoms with E-state index in [1.54, 1.807) is 6.07 Å². The van der Waals surface area contributed by atoms with Gasteiger partial charge in [-0.25, -0.2) is 8.78 Å². The molecule has 0 saturated carbocycles. The van der Waals surface area contributed by atoms with Gasteiger partial charge in [0.1, 0.15) is 18.2 Å². The Morgan fingerprint density at radius 1 is 1.10 bits per heavy atom. The Balaban J connectivity index is 1.56. The average Bonchev–Trinajstić information content (AvgIpc) is 3.09. The van der Waals surface area contributed by atoms with Crippen LogP contribution in [0, 0.1) is 17.6 Å². The van der Waals surface area contributed by atoms with E-state index in [4.69, 9.17) is 4.74 Å². The number of fused-ring (bicyclic) bond motifs is 1. The summed E-state index contributed by atoms with van der Waals surface area (Å²) in [5.41, 5.74) is 1.73. The van der Waals surface area contributed by atoms with Crippen LogP contribution in [-0.2, 0) is 16.1 Å². The van der Waals surface area contributed by atoms with Gasteiger partial charge in [0.15, 0.2) is 0 Å². The predicted octanol–water partition coefficient (Wildman–Crippen LogP) is 3.43. The van der Waals surface area contributed by atoms with Crippen LogP contribution >= 0.6 is 0 Å². The van der Waals surface area contributed by atoms with Crippen molar-refractivity contribution in [2.45, 2.75) is 24.9 Å². The van der Waals surface area contributed by atoms with Gasteiger partial charge in [0.2, 0.25) is 5.91 Å². The van der Waals surface area contributed by atoms with Gasteiger partial charge >= 0.3 is 0 Å². The second-order valence-corrected chi connectivity index (χ2v) is 7.98. The Bertz CT molecular complexity index is 858. The SMILES string of the molecule is COCC(=O)N1C[C@H](c2ccc(F)cc2)[C@H]2CN(Cc3ccccc3F)CC[C@H]21. The summed E-state index contributed by atoms with van der Waals surface area (Å²) in [6, 6.07) is 13.6. The highest BCUT2D eigenvalue weighted by atomic mass is 19.1. The number of likely N-dealkylation sites (tertiary alicyclic amines) is 2. The van der Waals surface area contributed by atoms with Gasteiger partial charge in [-0.1, -0.05) is 30.3 Å². The van der Waals surface area contributed by atoms with Crippen molar-refractivity contribution in [1.82, 2.24) is 9.80 Å². The molecule has 2 fully saturated rings. The Kier molecular flexibility index (Phi) is 5.92. The van der Waals surface area contributed by atoms with Crippen molar-refractivity contribution in [3.8, 4) is 0 Å². The summed E-state index contributed by atoms with van der Waals surface area (Å²) in [4.78, 5) is 16.8. The van der Waals surface area contributed by atoms with Crippen LogP contribution in [0.5, 0.6) is 0 Å². The zero-order valence-electron chi connectivity index (χ0n) is 16.6. The standard InChI is InChI=1S/C23H26F2N2O2/c1-29-15-23(28)27-14-19(16-6-8-18(24)9-7-16)20-13-26(11-10-22(20)27)12-17-4-2-3-5-21(17)25/h2-9,19-20,22H,10-15H2,1H3/t19-,20-,22-/m1/s1. The van der Waals surface area contributed by atoms with E-state index < -0.39 is 0 Å². The number of methoxy groups -OCH3 is 1. The highest BCUT2D eigenvalue weighted by molar-refractivity contribution is 5.78. The second kappa shape index (κ2) is 8.59. The molecule has 2 heterocycles. The molecule has 0 bridgehead atoms. The van der Waals surface area contributed by atoms with E-state index in [1.165, 1.54) is 25.3 Å². The first kappa shape index (κ1) is 20.0. The molecule has 2 aliphatic rings. The first-order valence-corrected chi connectivity index (χ1v) is 10.1. The number of rotatable bonds is 5. The second-order valence-electron chi connectivity index (χ2n) is 7.98. The monoisotopic (exact) mass is 400 g/mol. The highest BCUT2D eigenvalue weighted by Crippen LogP contribution is 2.42. The minimum absolute atomic E-state index is 0.00494. The Labute approximate surface area is 170 Å². The van der Waals surface area contributed by atoms with Gasteiger partial charge in [0.05, 0.1) is 0 Å². The number of ether oxygens (including phenoxy) is 1. The third-order valence-electron chi connectivity index (χ3n) is 6.25. The summed E-state index contributed by atoms with van der Waals surface area (Å²) in [6.45, 7) is 2.81. The lowest BCUT2D eigenvalue weighted by Crippen LogP contribution is -2.48. The molecular weight excluding hydrogens is 374 g/mol. The minimum Gasteiger partial charge on any atom is -0.375 e. The van der Waals surface area contributed by atoms with E-state index in [0.717, 1.165) is 25.1 Å². The number of hydrogen-bond acceptors (Lipinski definition) is 3. The van der Waals surface area contributed by atoms with Crippen molar-refractivity contribution in [3.63, 3.8) is 0 Å². The number of amides is 1. The molecule has 2 aliphatic heterocycles. The molecular formula is C23H26F2N2O2. The number of carbonyl (C=O) groups excluding carboxylic acids is 1. The molecule has 0 aliphatic carbocycles. The van der Waals surface area contributed by atoms with Crippen LogP contribution in [0.3, 0.4) is 0 Å². The quantitative estimate of drug-likeness (QED) is 0.771. The van der Waals surface area contributed by atoms with Gasteiger partial charge in [-0.15, -0.1) is 0 Å². The molecule has 2 aromatic carbocycles. The summed E-state index contributed by atoms with van der Waals surface area (Å²) in [6.07, 6.45) is 0.840. The van der Waals surface area contributed by atoms with Gasteiger partial charge in [-0.05, 0) is 30.2 Å². The molecule has 4 nitrogen and oxygen atoms in total. The van der Waals surface area contributed by atoms with E-state index in [-0.39, 0.29) is 42.0 Å². The van der Waals surface area contributed by atoms with E-state index in [9.17, 15) is 13.6 Å². The van der Waals surface area contributed by atoms with Gasteiger partial charge < -0.3 is 9.64 Å². The molecule has 0 aromatic heterocycles. The summed E-state index contributed by atoms with van der Waals surface area (Å²) < 4.78 is 32.6. The molecule has 2 saturated heterocycles. The maximum absolute atomic E-state index is 14.1. The van der Waals surface area contributed by atoms with Crippen LogP contribution in [0.1, 0.15) is 23.5 Å². The lowest BCUT2D eigenvalue weighted by atomic mass is 9.81. The average molecular weight is 400 g/mol. The first-order chi connectivity index (χ1) is 14.1.